The van der Waals surface area contributed by atoms with Crippen LogP contribution in [-0.2, 0) is 16.1 Å². The average Bonchev–Trinajstić information content (AvgIpc) is 2.53. The molecule has 3 N–H and O–H groups in total. The van der Waals surface area contributed by atoms with Crippen molar-refractivity contribution in [3.8, 4) is 0 Å². The zero-order valence-electron chi connectivity index (χ0n) is 13.3. The first-order valence-corrected chi connectivity index (χ1v) is 7.84. The van der Waals surface area contributed by atoms with E-state index in [1.807, 2.05) is 43.0 Å². The summed E-state index contributed by atoms with van der Waals surface area (Å²) in [6.07, 6.45) is 1.73. The quantitative estimate of drug-likeness (QED) is 0.858. The Bertz CT molecular complexity index is 527. The van der Waals surface area contributed by atoms with Crippen molar-refractivity contribution in [1.82, 2.24) is 10.2 Å². The molecule has 0 unspecified atom stereocenters. The van der Waals surface area contributed by atoms with Crippen molar-refractivity contribution in [3.05, 3.63) is 35.4 Å². The lowest BCUT2D eigenvalue weighted by molar-refractivity contribution is -0.129. The Labute approximate surface area is 131 Å². The van der Waals surface area contributed by atoms with Crippen molar-refractivity contribution in [2.24, 2.45) is 11.7 Å². The van der Waals surface area contributed by atoms with Crippen LogP contribution in [0.5, 0.6) is 0 Å². The van der Waals surface area contributed by atoms with Gasteiger partial charge in [0.15, 0.2) is 0 Å². The van der Waals surface area contributed by atoms with Crippen LogP contribution in [0.2, 0.25) is 0 Å². The highest BCUT2D eigenvalue weighted by Crippen LogP contribution is 2.18. The molecule has 1 heterocycles. The summed E-state index contributed by atoms with van der Waals surface area (Å²) in [7, 11) is 0. The van der Waals surface area contributed by atoms with E-state index < -0.39 is 0 Å². The number of hydrogen-bond acceptors (Lipinski definition) is 3. The van der Waals surface area contributed by atoms with Crippen LogP contribution >= 0.6 is 0 Å². The molecule has 0 aliphatic carbocycles. The minimum absolute atomic E-state index is 0.00862. The summed E-state index contributed by atoms with van der Waals surface area (Å²) in [5, 5.41) is 2.96. The number of rotatable bonds is 5. The van der Waals surface area contributed by atoms with Crippen LogP contribution in [0.1, 0.15) is 30.9 Å². The Morgan fingerprint density at radius 2 is 2.05 bits per heavy atom. The third-order valence-electron chi connectivity index (χ3n) is 4.37. The van der Waals surface area contributed by atoms with Crippen LogP contribution in [0.25, 0.3) is 0 Å². The van der Waals surface area contributed by atoms with Crippen molar-refractivity contribution < 1.29 is 9.59 Å². The normalized spacial score (nSPS) is 20.4. The van der Waals surface area contributed by atoms with Gasteiger partial charge in [0.25, 0.3) is 0 Å². The number of aryl methyl sites for hydroxylation is 1. The van der Waals surface area contributed by atoms with Gasteiger partial charge in [0.2, 0.25) is 11.8 Å². The molecule has 0 radical (unpaired) electrons. The van der Waals surface area contributed by atoms with Crippen LogP contribution < -0.4 is 11.1 Å². The molecule has 1 aliphatic heterocycles. The van der Waals surface area contributed by atoms with Gasteiger partial charge in [-0.25, -0.2) is 0 Å². The third kappa shape index (κ3) is 4.31. The summed E-state index contributed by atoms with van der Waals surface area (Å²) in [4.78, 5) is 25.7. The smallest absolute Gasteiger partial charge is 0.237 e. The lowest BCUT2D eigenvalue weighted by Gasteiger charge is -2.34. The number of benzene rings is 1. The molecule has 1 aromatic rings. The minimum Gasteiger partial charge on any atom is -0.369 e. The fourth-order valence-electron chi connectivity index (χ4n) is 2.80. The van der Waals surface area contributed by atoms with Gasteiger partial charge >= 0.3 is 0 Å². The molecule has 5 nitrogen and oxygen atoms in total. The zero-order valence-corrected chi connectivity index (χ0v) is 13.3. The van der Waals surface area contributed by atoms with Gasteiger partial charge in [-0.2, -0.15) is 0 Å². The maximum Gasteiger partial charge on any atom is 0.237 e. The molecule has 22 heavy (non-hydrogen) atoms. The highest BCUT2D eigenvalue weighted by atomic mass is 16.2. The largest absolute Gasteiger partial charge is 0.369 e. The van der Waals surface area contributed by atoms with Crippen molar-refractivity contribution in [1.29, 1.82) is 0 Å². The van der Waals surface area contributed by atoms with E-state index in [4.69, 9.17) is 5.73 Å². The molecule has 1 aliphatic rings. The van der Waals surface area contributed by atoms with Crippen molar-refractivity contribution >= 4 is 11.8 Å². The number of likely N-dealkylation sites (tertiary alicyclic amines) is 1. The Morgan fingerprint density at radius 1 is 1.36 bits per heavy atom. The predicted octanol–water partition coefficient (Wildman–Crippen LogP) is 1.20. The molecule has 120 valence electrons. The molecule has 1 aromatic carbocycles. The number of amides is 2. The van der Waals surface area contributed by atoms with Gasteiger partial charge in [-0.1, -0.05) is 29.8 Å². The Kier molecular flexibility index (Phi) is 5.55. The molecule has 1 fully saturated rings. The molecule has 0 aromatic heterocycles. The first-order valence-electron chi connectivity index (χ1n) is 7.84. The van der Waals surface area contributed by atoms with Gasteiger partial charge < -0.3 is 11.1 Å². The Hall–Kier alpha value is -1.88. The molecular formula is C17H25N3O2. The van der Waals surface area contributed by atoms with E-state index in [0.717, 1.165) is 24.9 Å². The van der Waals surface area contributed by atoms with Gasteiger partial charge in [0.05, 0.1) is 12.0 Å². The second-order valence-corrected chi connectivity index (χ2v) is 6.12. The number of primary amides is 1. The Balaban J connectivity index is 1.86. The summed E-state index contributed by atoms with van der Waals surface area (Å²) >= 11 is 0. The fraction of sp³-hybridized carbons (Fsp3) is 0.529. The third-order valence-corrected chi connectivity index (χ3v) is 4.37. The van der Waals surface area contributed by atoms with Crippen molar-refractivity contribution in [2.75, 3.05) is 13.1 Å². The van der Waals surface area contributed by atoms with E-state index in [2.05, 4.69) is 5.32 Å². The van der Waals surface area contributed by atoms with Crippen molar-refractivity contribution in [2.45, 2.75) is 39.3 Å². The van der Waals surface area contributed by atoms with Crippen LogP contribution in [-0.4, -0.2) is 35.8 Å². The molecule has 0 bridgehead atoms. The number of piperidine rings is 1. The fourth-order valence-corrected chi connectivity index (χ4v) is 2.80. The van der Waals surface area contributed by atoms with E-state index >= 15 is 0 Å². The molecule has 2 rings (SSSR count). The topological polar surface area (TPSA) is 75.4 Å². The second-order valence-electron chi connectivity index (χ2n) is 6.12. The zero-order chi connectivity index (χ0) is 16.1. The summed E-state index contributed by atoms with van der Waals surface area (Å²) in [6.45, 7) is 5.86. The molecule has 2 atom stereocenters. The summed E-state index contributed by atoms with van der Waals surface area (Å²) in [5.41, 5.74) is 7.67. The predicted molar refractivity (Wildman–Crippen MR) is 86.0 cm³/mol. The average molecular weight is 303 g/mol. The number of carbonyl (C=O) groups excluding carboxylic acids is 2. The van der Waals surface area contributed by atoms with E-state index in [0.29, 0.717) is 13.1 Å². The number of hydrogen-bond donors (Lipinski definition) is 2. The standard InChI is InChI=1S/C17H25N3O2/c1-12-5-7-14(8-6-12)10-19-17(22)13(2)20-9-3-4-15(11-20)16(18)21/h5-8,13,15H,3-4,9-11H2,1-2H3,(H2,18,21)(H,19,22)/t13-,15-/m0/s1. The van der Waals surface area contributed by atoms with Crippen LogP contribution in [0.4, 0.5) is 0 Å². The molecule has 0 spiro atoms. The first-order chi connectivity index (χ1) is 10.5. The summed E-state index contributed by atoms with van der Waals surface area (Å²) < 4.78 is 0. The number of nitrogens with one attached hydrogen (secondary N) is 1. The van der Waals surface area contributed by atoms with Gasteiger partial charge in [0, 0.05) is 13.1 Å². The lowest BCUT2D eigenvalue weighted by atomic mass is 9.96. The second kappa shape index (κ2) is 7.40. The highest BCUT2D eigenvalue weighted by molar-refractivity contribution is 5.81. The molecule has 0 saturated carbocycles. The van der Waals surface area contributed by atoms with Crippen LogP contribution in [0.3, 0.4) is 0 Å². The number of nitrogens with two attached hydrogens (primary N) is 1. The highest BCUT2D eigenvalue weighted by Gasteiger charge is 2.29. The lowest BCUT2D eigenvalue weighted by Crippen LogP contribution is -2.50. The Morgan fingerprint density at radius 3 is 2.68 bits per heavy atom. The van der Waals surface area contributed by atoms with Gasteiger partial charge in [-0.15, -0.1) is 0 Å². The van der Waals surface area contributed by atoms with Gasteiger partial charge in [-0.05, 0) is 38.8 Å². The van der Waals surface area contributed by atoms with E-state index in [1.165, 1.54) is 5.56 Å². The SMILES string of the molecule is Cc1ccc(CNC(=O)[C@H](C)N2CCC[C@H](C(N)=O)C2)cc1. The van der Waals surface area contributed by atoms with E-state index in [1.54, 1.807) is 0 Å². The van der Waals surface area contributed by atoms with Crippen molar-refractivity contribution in [3.63, 3.8) is 0 Å². The maximum absolute atomic E-state index is 12.3. The van der Waals surface area contributed by atoms with E-state index in [9.17, 15) is 9.59 Å². The van der Waals surface area contributed by atoms with Gasteiger partial charge in [0.1, 0.15) is 0 Å². The molecular weight excluding hydrogens is 278 g/mol. The van der Waals surface area contributed by atoms with Crippen LogP contribution in [0.15, 0.2) is 24.3 Å². The van der Waals surface area contributed by atoms with E-state index in [-0.39, 0.29) is 23.8 Å². The number of carbonyl (C=O) groups is 2. The van der Waals surface area contributed by atoms with Gasteiger partial charge in [-0.3, -0.25) is 14.5 Å². The first kappa shape index (κ1) is 16.5. The monoisotopic (exact) mass is 303 g/mol. The minimum atomic E-state index is -0.267. The summed E-state index contributed by atoms with van der Waals surface area (Å²) in [6, 6.07) is 7.86. The molecule has 5 heteroatoms. The maximum atomic E-state index is 12.3. The molecule has 1 saturated heterocycles. The summed E-state index contributed by atoms with van der Waals surface area (Å²) in [5.74, 6) is -0.413. The molecule has 2 amide bonds. The van der Waals surface area contributed by atoms with Crippen LogP contribution in [0, 0.1) is 12.8 Å². The number of nitrogens with zero attached hydrogens (tertiary/aromatic N) is 1.